The van der Waals surface area contributed by atoms with Crippen LogP contribution in [0.25, 0.3) is 72.1 Å². The van der Waals surface area contributed by atoms with E-state index in [4.69, 9.17) is 15.0 Å². The maximum atomic E-state index is 5.10. The van der Waals surface area contributed by atoms with E-state index in [9.17, 15) is 0 Å². The smallest absolute Gasteiger partial charge is 0.238 e. The Balaban J connectivity index is 1.57. The van der Waals surface area contributed by atoms with Crippen LogP contribution >= 0.6 is 0 Å². The topological polar surface area (TPSA) is 43.6 Å². The summed E-state index contributed by atoms with van der Waals surface area (Å²) in [6.07, 6.45) is 0. The number of rotatable bonds is 3. The van der Waals surface area contributed by atoms with Gasteiger partial charge in [0.2, 0.25) is 5.95 Å². The van der Waals surface area contributed by atoms with Crippen LogP contribution in [0, 0.1) is 0 Å². The average molecular weight is 499 g/mol. The van der Waals surface area contributed by atoms with Gasteiger partial charge in [0.1, 0.15) is 0 Å². The van der Waals surface area contributed by atoms with Crippen molar-refractivity contribution < 1.29 is 0 Å². The van der Waals surface area contributed by atoms with Gasteiger partial charge >= 0.3 is 0 Å². The molecule has 0 N–H and O–H groups in total. The highest BCUT2D eigenvalue weighted by molar-refractivity contribution is 6.32. The molecule has 0 unspecified atom stereocenters. The van der Waals surface area contributed by atoms with Gasteiger partial charge < -0.3 is 0 Å². The zero-order chi connectivity index (χ0) is 25.8. The highest BCUT2D eigenvalue weighted by Gasteiger charge is 2.21. The molecule has 39 heavy (non-hydrogen) atoms. The second-order valence-electron chi connectivity index (χ2n) is 9.68. The fourth-order valence-corrected chi connectivity index (χ4v) is 5.73. The van der Waals surface area contributed by atoms with Crippen molar-refractivity contribution in [2.45, 2.75) is 0 Å². The molecule has 0 aliphatic carbocycles. The lowest BCUT2D eigenvalue weighted by molar-refractivity contribution is 0.955. The molecule has 0 bridgehead atoms. The molecule has 0 amide bonds. The van der Waals surface area contributed by atoms with Crippen molar-refractivity contribution in [2.75, 3.05) is 0 Å². The second-order valence-corrected chi connectivity index (χ2v) is 9.68. The van der Waals surface area contributed by atoms with Crippen LogP contribution in [-0.4, -0.2) is 19.5 Å². The quantitative estimate of drug-likeness (QED) is 0.229. The van der Waals surface area contributed by atoms with Gasteiger partial charge in [-0.05, 0) is 22.2 Å². The maximum Gasteiger partial charge on any atom is 0.238 e. The van der Waals surface area contributed by atoms with Crippen LogP contribution in [0.1, 0.15) is 0 Å². The number of nitrogens with zero attached hydrogens (tertiary/aromatic N) is 4. The molecule has 0 spiro atoms. The minimum absolute atomic E-state index is 0.606. The SMILES string of the molecule is c1ccc(-c2nc(-c3ccccc3)nc(-n3c4ccccc4c4c5ccccc5c5ccccc5c43)n2)cc1. The third kappa shape index (κ3) is 3.35. The number of benzene rings is 6. The molecule has 4 heteroatoms. The van der Waals surface area contributed by atoms with E-state index in [-0.39, 0.29) is 0 Å². The standard InChI is InChI=1S/C35H22N4/c1-3-13-23(14-4-1)33-36-34(24-15-5-2-6-16-24)38-35(37-33)39-30-22-12-11-21-29(30)31-27-19-9-7-17-25(27)26-18-8-10-20-28(26)32(31)39/h1-22H. The van der Waals surface area contributed by atoms with Crippen LogP contribution in [0.2, 0.25) is 0 Å². The van der Waals surface area contributed by atoms with E-state index in [0.29, 0.717) is 17.6 Å². The summed E-state index contributed by atoms with van der Waals surface area (Å²) < 4.78 is 2.22. The molecule has 0 atom stereocenters. The Morgan fingerprint density at radius 3 is 1.46 bits per heavy atom. The van der Waals surface area contributed by atoms with Gasteiger partial charge in [0, 0.05) is 27.3 Å². The van der Waals surface area contributed by atoms with Gasteiger partial charge in [-0.2, -0.15) is 9.97 Å². The Labute approximate surface area is 224 Å². The minimum Gasteiger partial charge on any atom is -0.277 e. The van der Waals surface area contributed by atoms with E-state index in [0.717, 1.165) is 22.2 Å². The van der Waals surface area contributed by atoms with E-state index in [2.05, 4.69) is 77.4 Å². The van der Waals surface area contributed by atoms with Crippen LogP contribution in [0.5, 0.6) is 0 Å². The number of hydrogen-bond donors (Lipinski definition) is 0. The lowest BCUT2D eigenvalue weighted by Gasteiger charge is -2.13. The molecule has 6 aromatic carbocycles. The highest BCUT2D eigenvalue weighted by Crippen LogP contribution is 2.41. The Morgan fingerprint density at radius 1 is 0.385 bits per heavy atom. The molecule has 0 saturated heterocycles. The molecule has 0 radical (unpaired) electrons. The third-order valence-corrected chi connectivity index (χ3v) is 7.43. The number of hydrogen-bond acceptors (Lipinski definition) is 3. The van der Waals surface area contributed by atoms with E-state index in [1.165, 1.54) is 32.3 Å². The first-order valence-electron chi connectivity index (χ1n) is 13.1. The zero-order valence-electron chi connectivity index (χ0n) is 21.0. The molecule has 8 rings (SSSR count). The van der Waals surface area contributed by atoms with Gasteiger partial charge in [-0.1, -0.05) is 127 Å². The van der Waals surface area contributed by atoms with Gasteiger partial charge in [-0.15, -0.1) is 0 Å². The lowest BCUT2D eigenvalue weighted by Crippen LogP contribution is -2.06. The summed E-state index contributed by atoms with van der Waals surface area (Å²) in [6, 6.07) is 46.1. The first-order valence-corrected chi connectivity index (χ1v) is 13.1. The summed E-state index contributed by atoms with van der Waals surface area (Å²) in [7, 11) is 0. The van der Waals surface area contributed by atoms with E-state index in [1.54, 1.807) is 0 Å². The summed E-state index contributed by atoms with van der Waals surface area (Å²) in [6.45, 7) is 0. The van der Waals surface area contributed by atoms with Crippen molar-refractivity contribution in [2.24, 2.45) is 0 Å². The first kappa shape index (κ1) is 21.7. The normalized spacial score (nSPS) is 11.6. The number of fused-ring (bicyclic) bond motifs is 8. The van der Waals surface area contributed by atoms with Crippen LogP contribution in [0.15, 0.2) is 133 Å². The lowest BCUT2D eigenvalue weighted by atomic mass is 9.97. The van der Waals surface area contributed by atoms with Crippen LogP contribution in [0.3, 0.4) is 0 Å². The highest BCUT2D eigenvalue weighted by atomic mass is 15.2. The summed E-state index contributed by atoms with van der Waals surface area (Å²) >= 11 is 0. The summed E-state index contributed by atoms with van der Waals surface area (Å²) in [5, 5.41) is 7.24. The molecule has 0 saturated carbocycles. The van der Waals surface area contributed by atoms with Crippen LogP contribution < -0.4 is 0 Å². The van der Waals surface area contributed by atoms with Crippen molar-refractivity contribution in [1.82, 2.24) is 19.5 Å². The Hall–Kier alpha value is -5.35. The molecule has 0 aliphatic rings. The van der Waals surface area contributed by atoms with Gasteiger partial charge in [0.05, 0.1) is 11.0 Å². The number of para-hydroxylation sites is 1. The zero-order valence-corrected chi connectivity index (χ0v) is 21.0. The number of aromatic nitrogens is 4. The Bertz CT molecular complexity index is 2110. The van der Waals surface area contributed by atoms with Crippen LogP contribution in [-0.2, 0) is 0 Å². The van der Waals surface area contributed by atoms with E-state index >= 15 is 0 Å². The van der Waals surface area contributed by atoms with Crippen molar-refractivity contribution in [3.05, 3.63) is 133 Å². The average Bonchev–Trinajstić information content (AvgIpc) is 3.38. The molecule has 0 aliphatic heterocycles. The van der Waals surface area contributed by atoms with E-state index in [1.807, 2.05) is 60.7 Å². The summed E-state index contributed by atoms with van der Waals surface area (Å²) in [4.78, 5) is 15.1. The van der Waals surface area contributed by atoms with Gasteiger partial charge in [0.25, 0.3) is 0 Å². The summed E-state index contributed by atoms with van der Waals surface area (Å²) in [5.74, 6) is 1.90. The largest absolute Gasteiger partial charge is 0.277 e. The third-order valence-electron chi connectivity index (χ3n) is 7.43. The predicted molar refractivity (Wildman–Crippen MR) is 160 cm³/mol. The maximum absolute atomic E-state index is 5.10. The van der Waals surface area contributed by atoms with Gasteiger partial charge in [0.15, 0.2) is 11.6 Å². The molecular formula is C35H22N4. The monoisotopic (exact) mass is 498 g/mol. The molecular weight excluding hydrogens is 476 g/mol. The van der Waals surface area contributed by atoms with Gasteiger partial charge in [-0.3, -0.25) is 4.57 Å². The van der Waals surface area contributed by atoms with Crippen molar-refractivity contribution >= 4 is 43.4 Å². The Kier molecular flexibility index (Phi) is 4.79. The fraction of sp³-hybridized carbons (Fsp3) is 0. The predicted octanol–water partition coefficient (Wildman–Crippen LogP) is 8.61. The minimum atomic E-state index is 0.606. The van der Waals surface area contributed by atoms with Crippen molar-refractivity contribution in [3.8, 4) is 28.7 Å². The first-order chi connectivity index (χ1) is 19.4. The van der Waals surface area contributed by atoms with Gasteiger partial charge in [-0.25, -0.2) is 4.98 Å². The molecule has 0 fully saturated rings. The molecule has 2 heterocycles. The van der Waals surface area contributed by atoms with Crippen LogP contribution in [0.4, 0.5) is 0 Å². The molecule has 182 valence electrons. The second kappa shape index (κ2) is 8.61. The van der Waals surface area contributed by atoms with Crippen molar-refractivity contribution in [3.63, 3.8) is 0 Å². The molecule has 8 aromatic rings. The fourth-order valence-electron chi connectivity index (χ4n) is 5.73. The summed E-state index contributed by atoms with van der Waals surface area (Å²) in [5.41, 5.74) is 4.08. The Morgan fingerprint density at radius 2 is 0.846 bits per heavy atom. The molecule has 4 nitrogen and oxygen atoms in total. The van der Waals surface area contributed by atoms with E-state index < -0.39 is 0 Å². The van der Waals surface area contributed by atoms with Crippen molar-refractivity contribution in [1.29, 1.82) is 0 Å². The molecule has 2 aromatic heterocycles.